The Kier molecular flexibility index (Phi) is 5.36. The van der Waals surface area contributed by atoms with Crippen molar-refractivity contribution in [3.05, 3.63) is 40.4 Å². The molecule has 1 aliphatic carbocycles. The Bertz CT molecular complexity index is 945. The number of thiazole rings is 1. The molecule has 0 fully saturated rings. The molecule has 2 aromatic rings. The molecule has 2 heterocycles. The molecule has 0 spiro atoms. The summed E-state index contributed by atoms with van der Waals surface area (Å²) in [6, 6.07) is 6.19. The zero-order valence-corrected chi connectivity index (χ0v) is 17.3. The summed E-state index contributed by atoms with van der Waals surface area (Å²) in [7, 11) is 0. The van der Waals surface area contributed by atoms with E-state index in [0.717, 1.165) is 31.4 Å². The van der Waals surface area contributed by atoms with E-state index >= 15 is 0 Å². The number of fused-ring (bicyclic) bond motifs is 2. The molecule has 0 radical (unpaired) electrons. The molecule has 0 saturated carbocycles. The summed E-state index contributed by atoms with van der Waals surface area (Å²) in [5.41, 5.74) is 1.91. The van der Waals surface area contributed by atoms with Gasteiger partial charge in [0.1, 0.15) is 12.6 Å². The lowest BCUT2D eigenvalue weighted by Crippen LogP contribution is -2.50. The minimum Gasteiger partial charge on any atom is -0.340 e. The summed E-state index contributed by atoms with van der Waals surface area (Å²) in [5.74, 6) is -1.01. The highest BCUT2D eigenvalue weighted by molar-refractivity contribution is 7.15. The molecule has 1 aliphatic heterocycles. The van der Waals surface area contributed by atoms with E-state index in [-0.39, 0.29) is 30.2 Å². The first-order valence-electron chi connectivity index (χ1n) is 9.93. The molecule has 29 heavy (non-hydrogen) atoms. The highest BCUT2D eigenvalue weighted by atomic mass is 32.1. The van der Waals surface area contributed by atoms with Crippen molar-refractivity contribution in [3.8, 4) is 0 Å². The van der Waals surface area contributed by atoms with Crippen LogP contribution in [0.5, 0.6) is 0 Å². The zero-order chi connectivity index (χ0) is 20.5. The number of hydrogen-bond donors (Lipinski definition) is 2. The summed E-state index contributed by atoms with van der Waals surface area (Å²) in [4.78, 5) is 45.7. The first-order valence-corrected chi connectivity index (χ1v) is 10.8. The van der Waals surface area contributed by atoms with Gasteiger partial charge in [-0.1, -0.05) is 26.0 Å². The van der Waals surface area contributed by atoms with E-state index in [2.05, 4.69) is 15.6 Å². The van der Waals surface area contributed by atoms with Gasteiger partial charge in [-0.15, -0.1) is 11.3 Å². The van der Waals surface area contributed by atoms with Gasteiger partial charge in [0, 0.05) is 4.88 Å². The van der Waals surface area contributed by atoms with Gasteiger partial charge in [-0.05, 0) is 43.7 Å². The number of anilines is 2. The number of carbonyl (C=O) groups excluding carboxylic acids is 3. The number of rotatable bonds is 4. The van der Waals surface area contributed by atoms with Crippen molar-refractivity contribution in [2.24, 2.45) is 5.92 Å². The summed E-state index contributed by atoms with van der Waals surface area (Å²) < 4.78 is 0. The fourth-order valence-corrected chi connectivity index (χ4v) is 4.86. The molecule has 0 unspecified atom stereocenters. The molecule has 152 valence electrons. The Morgan fingerprint density at radius 2 is 2.03 bits per heavy atom. The SMILES string of the molecule is CC(C)[C@@H]1NC(=O)c2ccccc2N(CC(=O)Nc2nc3c(s2)CCCC3)C1=O. The molecule has 1 aromatic heterocycles. The molecule has 1 atom stereocenters. The molecular weight excluding hydrogens is 388 g/mol. The van der Waals surface area contributed by atoms with Crippen molar-refractivity contribution < 1.29 is 14.4 Å². The van der Waals surface area contributed by atoms with Crippen LogP contribution in [0.2, 0.25) is 0 Å². The van der Waals surface area contributed by atoms with Crippen molar-refractivity contribution in [1.82, 2.24) is 10.3 Å². The second-order valence-electron chi connectivity index (χ2n) is 7.78. The van der Waals surface area contributed by atoms with Crippen LogP contribution in [0.3, 0.4) is 0 Å². The predicted molar refractivity (Wildman–Crippen MR) is 112 cm³/mol. The molecule has 2 N–H and O–H groups in total. The molecule has 4 rings (SSSR count). The van der Waals surface area contributed by atoms with Crippen molar-refractivity contribution in [2.45, 2.75) is 45.6 Å². The Balaban J connectivity index is 1.58. The molecule has 1 aromatic carbocycles. The standard InChI is InChI=1S/C21H24N4O3S/c1-12(2)18-20(28)25(15-9-5-3-7-13(15)19(27)24-18)11-17(26)23-21-22-14-8-4-6-10-16(14)29-21/h3,5,7,9,12,18H,4,6,8,10-11H2,1-2H3,(H,24,27)(H,22,23,26)/t18-/m0/s1. The number of aryl methyl sites for hydroxylation is 2. The van der Waals surface area contributed by atoms with Crippen LogP contribution >= 0.6 is 11.3 Å². The number of amides is 3. The largest absolute Gasteiger partial charge is 0.340 e. The van der Waals surface area contributed by atoms with Gasteiger partial charge >= 0.3 is 0 Å². The van der Waals surface area contributed by atoms with Crippen LogP contribution in [0.1, 0.15) is 47.6 Å². The lowest BCUT2D eigenvalue weighted by Gasteiger charge is -2.26. The van der Waals surface area contributed by atoms with Crippen LogP contribution in [-0.4, -0.2) is 35.3 Å². The van der Waals surface area contributed by atoms with Gasteiger partial charge in [0.25, 0.3) is 5.91 Å². The van der Waals surface area contributed by atoms with Gasteiger partial charge in [0.2, 0.25) is 11.8 Å². The Morgan fingerprint density at radius 1 is 1.28 bits per heavy atom. The summed E-state index contributed by atoms with van der Waals surface area (Å²) >= 11 is 1.51. The minimum atomic E-state index is -0.685. The number of aromatic nitrogens is 1. The third-order valence-electron chi connectivity index (χ3n) is 5.32. The number of nitrogens with zero attached hydrogens (tertiary/aromatic N) is 2. The highest BCUT2D eigenvalue weighted by Crippen LogP contribution is 2.30. The number of benzene rings is 1. The third kappa shape index (κ3) is 3.89. The number of nitrogens with one attached hydrogen (secondary N) is 2. The van der Waals surface area contributed by atoms with E-state index in [0.29, 0.717) is 16.4 Å². The van der Waals surface area contributed by atoms with E-state index in [1.807, 2.05) is 13.8 Å². The molecule has 2 aliphatic rings. The molecule has 0 saturated heterocycles. The number of para-hydroxylation sites is 1. The molecule has 7 nitrogen and oxygen atoms in total. The van der Waals surface area contributed by atoms with Gasteiger partial charge in [-0.25, -0.2) is 4.98 Å². The molecular formula is C21H24N4O3S. The normalized spacial score (nSPS) is 18.7. The van der Waals surface area contributed by atoms with E-state index in [9.17, 15) is 14.4 Å². The van der Waals surface area contributed by atoms with E-state index in [4.69, 9.17) is 0 Å². The average molecular weight is 413 g/mol. The second-order valence-corrected chi connectivity index (χ2v) is 8.86. The zero-order valence-electron chi connectivity index (χ0n) is 16.5. The maximum atomic E-state index is 13.2. The van der Waals surface area contributed by atoms with Crippen LogP contribution in [0.15, 0.2) is 24.3 Å². The second kappa shape index (κ2) is 7.94. The topological polar surface area (TPSA) is 91.4 Å². The number of hydrogen-bond acceptors (Lipinski definition) is 5. The van der Waals surface area contributed by atoms with Crippen LogP contribution < -0.4 is 15.5 Å². The van der Waals surface area contributed by atoms with E-state index in [1.54, 1.807) is 24.3 Å². The fraction of sp³-hybridized carbons (Fsp3) is 0.429. The monoisotopic (exact) mass is 412 g/mol. The first-order chi connectivity index (χ1) is 13.9. The van der Waals surface area contributed by atoms with Gasteiger partial charge in [0.15, 0.2) is 5.13 Å². The van der Waals surface area contributed by atoms with Crippen molar-refractivity contribution >= 4 is 39.9 Å². The van der Waals surface area contributed by atoms with Crippen LogP contribution in [0.25, 0.3) is 0 Å². The summed E-state index contributed by atoms with van der Waals surface area (Å²) in [5, 5.41) is 6.22. The number of carbonyl (C=O) groups is 3. The van der Waals surface area contributed by atoms with Gasteiger partial charge in [-0.2, -0.15) is 0 Å². The van der Waals surface area contributed by atoms with Crippen LogP contribution in [-0.2, 0) is 22.4 Å². The lowest BCUT2D eigenvalue weighted by molar-refractivity contribution is -0.123. The average Bonchev–Trinajstić information content (AvgIpc) is 3.07. The van der Waals surface area contributed by atoms with Gasteiger partial charge < -0.3 is 15.5 Å². The Hall–Kier alpha value is -2.74. The summed E-state index contributed by atoms with van der Waals surface area (Å²) in [6.07, 6.45) is 4.23. The van der Waals surface area contributed by atoms with Crippen LogP contribution in [0.4, 0.5) is 10.8 Å². The molecule has 0 bridgehead atoms. The first kappa shape index (κ1) is 19.6. The maximum Gasteiger partial charge on any atom is 0.254 e. The fourth-order valence-electron chi connectivity index (χ4n) is 3.79. The van der Waals surface area contributed by atoms with Crippen molar-refractivity contribution in [3.63, 3.8) is 0 Å². The Morgan fingerprint density at radius 3 is 2.79 bits per heavy atom. The quantitative estimate of drug-likeness (QED) is 0.808. The third-order valence-corrected chi connectivity index (χ3v) is 6.39. The smallest absolute Gasteiger partial charge is 0.254 e. The highest BCUT2D eigenvalue weighted by Gasteiger charge is 2.36. The minimum absolute atomic E-state index is 0.1000. The lowest BCUT2D eigenvalue weighted by atomic mass is 10.0. The molecule has 3 amide bonds. The Labute approximate surface area is 173 Å². The molecule has 8 heteroatoms. The van der Waals surface area contributed by atoms with Crippen LogP contribution in [0, 0.1) is 5.92 Å². The summed E-state index contributed by atoms with van der Waals surface area (Å²) in [6.45, 7) is 3.58. The van der Waals surface area contributed by atoms with Crippen molar-refractivity contribution in [1.29, 1.82) is 0 Å². The van der Waals surface area contributed by atoms with Crippen molar-refractivity contribution in [2.75, 3.05) is 16.8 Å². The van der Waals surface area contributed by atoms with Gasteiger partial charge in [-0.3, -0.25) is 14.4 Å². The van der Waals surface area contributed by atoms with E-state index < -0.39 is 6.04 Å². The maximum absolute atomic E-state index is 13.2. The van der Waals surface area contributed by atoms with E-state index in [1.165, 1.54) is 21.1 Å². The van der Waals surface area contributed by atoms with Gasteiger partial charge in [0.05, 0.1) is 16.9 Å². The predicted octanol–water partition coefficient (Wildman–Crippen LogP) is 2.76.